The molecule has 7 nitrogen and oxygen atoms in total. The van der Waals surface area contributed by atoms with Crippen LogP contribution in [0.1, 0.15) is 38.2 Å². The number of alkyl halides is 3. The van der Waals surface area contributed by atoms with Crippen LogP contribution < -0.4 is 10.0 Å². The number of esters is 2. The molecule has 162 valence electrons. The number of hydrogen-bond acceptors (Lipinski definition) is 6. The Bertz CT molecular complexity index is 834. The zero-order chi connectivity index (χ0) is 21.7. The number of hydrogen-bond donors (Lipinski definition) is 2. The topological polar surface area (TPSA) is 102 Å². The first-order valence-corrected chi connectivity index (χ1v) is 10.6. The normalized spacial score (nSPS) is 16.1. The molecule has 0 radical (unpaired) electrons. The molecular formula is C18H23F3N2O5S. The van der Waals surface area contributed by atoms with Gasteiger partial charge in [0.2, 0.25) is 10.0 Å². The molecule has 0 aromatic heterocycles. The lowest BCUT2D eigenvalue weighted by atomic mass is 9.90. The predicted octanol–water partition coefficient (Wildman–Crippen LogP) is 2.06. The van der Waals surface area contributed by atoms with Crippen molar-refractivity contribution < 1.29 is 35.9 Å². The highest BCUT2D eigenvalue weighted by molar-refractivity contribution is 7.89. The number of nitrogens with one attached hydrogen (secondary N) is 2. The fourth-order valence-electron chi connectivity index (χ4n) is 2.89. The van der Waals surface area contributed by atoms with E-state index < -0.39 is 40.1 Å². The first kappa shape index (κ1) is 23.3. The second-order valence-corrected chi connectivity index (χ2v) is 8.71. The summed E-state index contributed by atoms with van der Waals surface area (Å²) in [5, 5.41) is 2.76. The summed E-state index contributed by atoms with van der Waals surface area (Å²) in [7, 11) is -4.03. The van der Waals surface area contributed by atoms with E-state index >= 15 is 0 Å². The maximum absolute atomic E-state index is 12.6. The molecule has 1 saturated heterocycles. The lowest BCUT2D eigenvalue weighted by Gasteiger charge is -2.42. The summed E-state index contributed by atoms with van der Waals surface area (Å²) in [6.45, 7) is 2.11. The summed E-state index contributed by atoms with van der Waals surface area (Å²) in [4.78, 5) is 22.4. The smallest absolute Gasteiger partial charge is 0.386 e. The SMILES string of the molecule is CCCCCc1ccc(S(=O)(=O)NC2(CC(=O)OC(=O)C(F)(F)F)CNC2)cc1. The summed E-state index contributed by atoms with van der Waals surface area (Å²) in [6, 6.07) is 6.28. The van der Waals surface area contributed by atoms with Crippen molar-refractivity contribution in [1.82, 2.24) is 10.0 Å². The number of carbonyl (C=O) groups excluding carboxylic acids is 2. The highest BCUT2D eigenvalue weighted by atomic mass is 32.2. The van der Waals surface area contributed by atoms with E-state index in [-0.39, 0.29) is 18.0 Å². The van der Waals surface area contributed by atoms with E-state index in [0.29, 0.717) is 0 Å². The lowest BCUT2D eigenvalue weighted by molar-refractivity contribution is -0.202. The van der Waals surface area contributed by atoms with Crippen LogP contribution >= 0.6 is 0 Å². The first-order chi connectivity index (χ1) is 13.5. The summed E-state index contributed by atoms with van der Waals surface area (Å²) in [6.07, 6.45) is -2.05. The number of aryl methyl sites for hydroxylation is 1. The number of ether oxygens (including phenoxy) is 1. The van der Waals surface area contributed by atoms with Gasteiger partial charge in [0.15, 0.2) is 0 Å². The maximum Gasteiger partial charge on any atom is 0.491 e. The fourth-order valence-corrected chi connectivity index (χ4v) is 4.29. The Hall–Kier alpha value is -1.98. The van der Waals surface area contributed by atoms with Crippen molar-refractivity contribution in [3.8, 4) is 0 Å². The van der Waals surface area contributed by atoms with E-state index in [1.807, 2.05) is 0 Å². The van der Waals surface area contributed by atoms with Crippen LogP contribution in [-0.4, -0.2) is 45.2 Å². The van der Waals surface area contributed by atoms with Gasteiger partial charge in [0.1, 0.15) is 0 Å². The molecule has 1 aliphatic heterocycles. The Morgan fingerprint density at radius 3 is 2.28 bits per heavy atom. The summed E-state index contributed by atoms with van der Waals surface area (Å²) in [5.74, 6) is -4.09. The molecule has 0 spiro atoms. The number of unbranched alkanes of at least 4 members (excludes halogenated alkanes) is 2. The Morgan fingerprint density at radius 2 is 1.79 bits per heavy atom. The van der Waals surface area contributed by atoms with Gasteiger partial charge in [0.05, 0.1) is 16.9 Å². The fraction of sp³-hybridized carbons (Fsp3) is 0.556. The molecule has 11 heteroatoms. The molecule has 2 N–H and O–H groups in total. The lowest BCUT2D eigenvalue weighted by Crippen LogP contribution is -2.69. The van der Waals surface area contributed by atoms with Crippen LogP contribution in [0, 0.1) is 0 Å². The summed E-state index contributed by atoms with van der Waals surface area (Å²) >= 11 is 0. The van der Waals surface area contributed by atoms with Crippen molar-refractivity contribution in [2.75, 3.05) is 13.1 Å². The minimum Gasteiger partial charge on any atom is -0.386 e. The van der Waals surface area contributed by atoms with Crippen LogP contribution in [0.2, 0.25) is 0 Å². The average Bonchev–Trinajstić information content (AvgIpc) is 2.59. The van der Waals surface area contributed by atoms with E-state index in [2.05, 4.69) is 21.7 Å². The van der Waals surface area contributed by atoms with Crippen LogP contribution in [0.3, 0.4) is 0 Å². The molecule has 0 bridgehead atoms. The first-order valence-electron chi connectivity index (χ1n) is 9.13. The van der Waals surface area contributed by atoms with Gasteiger partial charge in [-0.1, -0.05) is 31.9 Å². The van der Waals surface area contributed by atoms with Gasteiger partial charge in [-0.25, -0.2) is 17.9 Å². The molecule has 2 rings (SSSR count). The van der Waals surface area contributed by atoms with Crippen LogP contribution in [0.25, 0.3) is 0 Å². The highest BCUT2D eigenvalue weighted by Crippen LogP contribution is 2.23. The van der Waals surface area contributed by atoms with E-state index in [0.717, 1.165) is 31.2 Å². The highest BCUT2D eigenvalue weighted by Gasteiger charge is 2.46. The van der Waals surface area contributed by atoms with Crippen molar-refractivity contribution in [3.63, 3.8) is 0 Å². The van der Waals surface area contributed by atoms with Gasteiger partial charge in [0.25, 0.3) is 0 Å². The Morgan fingerprint density at radius 1 is 1.17 bits per heavy atom. The van der Waals surface area contributed by atoms with Crippen molar-refractivity contribution in [2.45, 2.75) is 55.6 Å². The van der Waals surface area contributed by atoms with Gasteiger partial charge in [0, 0.05) is 13.1 Å². The van der Waals surface area contributed by atoms with Gasteiger partial charge >= 0.3 is 18.1 Å². The molecule has 1 fully saturated rings. The Kier molecular flexibility index (Phi) is 7.41. The second-order valence-electron chi connectivity index (χ2n) is 7.03. The molecule has 1 aliphatic rings. The number of sulfonamides is 1. The van der Waals surface area contributed by atoms with Crippen LogP contribution in [-0.2, 0) is 30.8 Å². The molecule has 1 aromatic rings. The second kappa shape index (κ2) is 9.23. The van der Waals surface area contributed by atoms with Crippen molar-refractivity contribution >= 4 is 22.0 Å². The van der Waals surface area contributed by atoms with Gasteiger partial charge in [-0.05, 0) is 30.5 Å². The Labute approximate surface area is 167 Å². The third-order valence-corrected chi connectivity index (χ3v) is 6.10. The van der Waals surface area contributed by atoms with Crippen LogP contribution in [0.4, 0.5) is 13.2 Å². The van der Waals surface area contributed by atoms with Crippen molar-refractivity contribution in [1.29, 1.82) is 0 Å². The monoisotopic (exact) mass is 436 g/mol. The van der Waals surface area contributed by atoms with E-state index in [4.69, 9.17) is 0 Å². The standard InChI is InChI=1S/C18H23F3N2O5S/c1-2-3-4-5-13-6-8-14(9-7-13)29(26,27)23-17(11-22-12-17)10-15(24)28-16(25)18(19,20)21/h6-9,22-23H,2-5,10-12H2,1H3. The molecular weight excluding hydrogens is 413 g/mol. The molecule has 0 atom stereocenters. The van der Waals surface area contributed by atoms with Gasteiger partial charge in [-0.3, -0.25) is 4.79 Å². The molecule has 1 aromatic carbocycles. The van der Waals surface area contributed by atoms with E-state index in [9.17, 15) is 31.2 Å². The molecule has 0 unspecified atom stereocenters. The quantitative estimate of drug-likeness (QED) is 0.349. The van der Waals surface area contributed by atoms with Crippen molar-refractivity contribution in [3.05, 3.63) is 29.8 Å². The molecule has 0 amide bonds. The molecule has 1 heterocycles. The van der Waals surface area contributed by atoms with E-state index in [1.54, 1.807) is 12.1 Å². The average molecular weight is 436 g/mol. The number of rotatable bonds is 9. The van der Waals surface area contributed by atoms with Crippen LogP contribution in [0.15, 0.2) is 29.2 Å². The number of halogens is 3. The van der Waals surface area contributed by atoms with Crippen LogP contribution in [0.5, 0.6) is 0 Å². The minimum atomic E-state index is -5.31. The largest absolute Gasteiger partial charge is 0.491 e. The molecule has 0 saturated carbocycles. The zero-order valence-corrected chi connectivity index (χ0v) is 16.7. The van der Waals surface area contributed by atoms with E-state index in [1.165, 1.54) is 12.1 Å². The van der Waals surface area contributed by atoms with Gasteiger partial charge in [-0.2, -0.15) is 13.2 Å². The van der Waals surface area contributed by atoms with Crippen molar-refractivity contribution in [2.24, 2.45) is 0 Å². The summed E-state index contributed by atoms with van der Waals surface area (Å²) in [5.41, 5.74) is -0.367. The Balaban J connectivity index is 2.03. The zero-order valence-electron chi connectivity index (χ0n) is 15.8. The predicted molar refractivity (Wildman–Crippen MR) is 97.4 cm³/mol. The molecule has 29 heavy (non-hydrogen) atoms. The van der Waals surface area contributed by atoms with Gasteiger partial charge in [-0.15, -0.1) is 0 Å². The number of benzene rings is 1. The minimum absolute atomic E-state index is 0.0106. The summed E-state index contributed by atoms with van der Waals surface area (Å²) < 4.78 is 68.0. The maximum atomic E-state index is 12.6. The molecule has 0 aliphatic carbocycles. The third kappa shape index (κ3) is 6.51. The number of carbonyl (C=O) groups is 2. The van der Waals surface area contributed by atoms with Gasteiger partial charge < -0.3 is 10.1 Å². The third-order valence-electron chi connectivity index (χ3n) is 4.50.